The average molecular weight is 410 g/mol. The van der Waals surface area contributed by atoms with Crippen molar-refractivity contribution in [1.29, 1.82) is 0 Å². The van der Waals surface area contributed by atoms with Gasteiger partial charge in [0.25, 0.3) is 0 Å². The summed E-state index contributed by atoms with van der Waals surface area (Å²) in [5, 5.41) is 4.03. The van der Waals surface area contributed by atoms with Gasteiger partial charge in [0.1, 0.15) is 12.1 Å². The van der Waals surface area contributed by atoms with Crippen molar-refractivity contribution in [2.45, 2.75) is 12.8 Å². The normalized spacial score (nSPS) is 15.0. The van der Waals surface area contributed by atoms with Crippen LogP contribution in [0.25, 0.3) is 10.9 Å². The summed E-state index contributed by atoms with van der Waals surface area (Å²) >= 11 is 0. The predicted molar refractivity (Wildman–Crippen MR) is 119 cm³/mol. The van der Waals surface area contributed by atoms with Crippen LogP contribution in [0.3, 0.4) is 0 Å². The molecule has 4 rings (SSSR count). The molecule has 0 radical (unpaired) electrons. The van der Waals surface area contributed by atoms with Crippen LogP contribution in [0, 0.1) is 11.7 Å². The number of ether oxygens (including phenoxy) is 1. The molecule has 1 N–H and O–H groups in total. The van der Waals surface area contributed by atoms with Gasteiger partial charge in [0.15, 0.2) is 11.6 Å². The van der Waals surface area contributed by atoms with E-state index in [0.717, 1.165) is 31.2 Å². The number of benzene rings is 2. The Morgan fingerprint density at radius 1 is 1.13 bits per heavy atom. The molecule has 1 fully saturated rings. The first-order chi connectivity index (χ1) is 14.5. The minimum absolute atomic E-state index is 0.174. The number of hydrogen-bond acceptors (Lipinski definition) is 6. The zero-order valence-electron chi connectivity index (χ0n) is 17.7. The maximum Gasteiger partial charge on any atom is 0.167 e. The second kappa shape index (κ2) is 8.83. The summed E-state index contributed by atoms with van der Waals surface area (Å²) in [6, 6.07) is 11.4. The van der Waals surface area contributed by atoms with E-state index in [4.69, 9.17) is 4.74 Å². The maximum absolute atomic E-state index is 14.0. The lowest BCUT2D eigenvalue weighted by molar-refractivity contribution is 0.285. The Bertz CT molecular complexity index is 1000. The van der Waals surface area contributed by atoms with Crippen LogP contribution in [0.2, 0.25) is 0 Å². The number of hydrogen-bond donors (Lipinski definition) is 1. The molecule has 158 valence electrons. The Kier molecular flexibility index (Phi) is 5.99. The summed E-state index contributed by atoms with van der Waals surface area (Å²) in [5.74, 6) is 1.14. The highest BCUT2D eigenvalue weighted by Gasteiger charge is 2.20. The summed E-state index contributed by atoms with van der Waals surface area (Å²) in [7, 11) is 5.74. The first-order valence-corrected chi connectivity index (χ1v) is 10.3. The number of piperidine rings is 1. The van der Waals surface area contributed by atoms with E-state index in [-0.39, 0.29) is 5.75 Å². The van der Waals surface area contributed by atoms with Gasteiger partial charge in [-0.25, -0.2) is 14.4 Å². The van der Waals surface area contributed by atoms with Gasteiger partial charge in [-0.15, -0.1) is 0 Å². The minimum atomic E-state index is -0.437. The van der Waals surface area contributed by atoms with Crippen molar-refractivity contribution in [2.24, 2.45) is 5.92 Å². The summed E-state index contributed by atoms with van der Waals surface area (Å²) in [6.45, 7) is 3.35. The molecule has 3 aromatic rings. The van der Waals surface area contributed by atoms with Crippen molar-refractivity contribution < 1.29 is 9.13 Å². The van der Waals surface area contributed by atoms with Gasteiger partial charge in [-0.05, 0) is 63.2 Å². The standard InChI is InChI=1S/C23H28FN5O/c1-28(2)14-16-8-10-29(11-9-16)18-6-4-17(5-7-18)27-23-19-12-22(30-3)20(24)13-21(19)25-15-26-23/h4-7,12-13,15-16H,8-11,14H2,1-3H3,(H,25,26,27). The zero-order chi connectivity index (χ0) is 21.1. The fourth-order valence-corrected chi connectivity index (χ4v) is 4.10. The van der Waals surface area contributed by atoms with E-state index in [1.54, 1.807) is 6.07 Å². The molecule has 1 aliphatic heterocycles. The number of nitrogens with zero attached hydrogens (tertiary/aromatic N) is 4. The molecular weight excluding hydrogens is 381 g/mol. The summed E-state index contributed by atoms with van der Waals surface area (Å²) in [5.41, 5.74) is 2.69. The Labute approximate surface area is 176 Å². The minimum Gasteiger partial charge on any atom is -0.494 e. The molecule has 0 amide bonds. The molecule has 1 aromatic heterocycles. The smallest absolute Gasteiger partial charge is 0.167 e. The van der Waals surface area contributed by atoms with Crippen LogP contribution in [0.1, 0.15) is 12.8 Å². The van der Waals surface area contributed by atoms with Gasteiger partial charge in [0, 0.05) is 42.5 Å². The first-order valence-electron chi connectivity index (χ1n) is 10.3. The second-order valence-electron chi connectivity index (χ2n) is 8.09. The number of anilines is 3. The van der Waals surface area contributed by atoms with Crippen LogP contribution in [-0.4, -0.2) is 55.7 Å². The topological polar surface area (TPSA) is 53.5 Å². The Hall–Kier alpha value is -2.93. The van der Waals surface area contributed by atoms with Gasteiger partial charge in [-0.1, -0.05) is 0 Å². The summed E-state index contributed by atoms with van der Waals surface area (Å²) < 4.78 is 19.1. The fourth-order valence-electron chi connectivity index (χ4n) is 4.10. The van der Waals surface area contributed by atoms with Crippen molar-refractivity contribution in [3.05, 3.63) is 48.5 Å². The van der Waals surface area contributed by atoms with E-state index in [9.17, 15) is 4.39 Å². The molecule has 7 heteroatoms. The van der Waals surface area contributed by atoms with Gasteiger partial charge in [0.2, 0.25) is 0 Å². The lowest BCUT2D eigenvalue weighted by Crippen LogP contribution is -2.37. The van der Waals surface area contributed by atoms with Crippen molar-refractivity contribution >= 4 is 28.1 Å². The molecule has 0 bridgehead atoms. The summed E-state index contributed by atoms with van der Waals surface area (Å²) in [6.07, 6.45) is 3.88. The number of nitrogens with one attached hydrogen (secondary N) is 1. The third-order valence-electron chi connectivity index (χ3n) is 5.64. The molecular formula is C23H28FN5O. The molecule has 0 saturated carbocycles. The van der Waals surface area contributed by atoms with Crippen LogP contribution in [-0.2, 0) is 0 Å². The van der Waals surface area contributed by atoms with Crippen molar-refractivity contribution in [1.82, 2.24) is 14.9 Å². The van der Waals surface area contributed by atoms with E-state index in [2.05, 4.69) is 63.4 Å². The maximum atomic E-state index is 14.0. The van der Waals surface area contributed by atoms with Gasteiger partial charge < -0.3 is 19.9 Å². The predicted octanol–water partition coefficient (Wildman–Crippen LogP) is 4.30. The number of halogens is 1. The molecule has 2 heterocycles. The third kappa shape index (κ3) is 4.46. The number of methoxy groups -OCH3 is 1. The zero-order valence-corrected chi connectivity index (χ0v) is 17.7. The van der Waals surface area contributed by atoms with Gasteiger partial charge in [-0.2, -0.15) is 0 Å². The largest absolute Gasteiger partial charge is 0.494 e. The van der Waals surface area contributed by atoms with E-state index in [0.29, 0.717) is 16.7 Å². The van der Waals surface area contributed by atoms with E-state index in [1.165, 1.54) is 38.0 Å². The Morgan fingerprint density at radius 3 is 2.53 bits per heavy atom. The third-order valence-corrected chi connectivity index (χ3v) is 5.64. The van der Waals surface area contributed by atoms with Gasteiger partial charge in [-0.3, -0.25) is 0 Å². The fraction of sp³-hybridized carbons (Fsp3) is 0.391. The monoisotopic (exact) mass is 409 g/mol. The molecule has 1 saturated heterocycles. The Balaban J connectivity index is 1.47. The molecule has 0 aliphatic carbocycles. The molecule has 0 unspecified atom stereocenters. The van der Waals surface area contributed by atoms with Gasteiger partial charge in [0.05, 0.1) is 12.6 Å². The Morgan fingerprint density at radius 2 is 1.87 bits per heavy atom. The highest BCUT2D eigenvalue weighted by Crippen LogP contribution is 2.30. The van der Waals surface area contributed by atoms with Crippen LogP contribution >= 0.6 is 0 Å². The quantitative estimate of drug-likeness (QED) is 0.655. The van der Waals surface area contributed by atoms with E-state index >= 15 is 0 Å². The first kappa shape index (κ1) is 20.3. The summed E-state index contributed by atoms with van der Waals surface area (Å²) in [4.78, 5) is 13.2. The lowest BCUT2D eigenvalue weighted by atomic mass is 9.96. The number of fused-ring (bicyclic) bond motifs is 1. The van der Waals surface area contributed by atoms with E-state index < -0.39 is 5.82 Å². The van der Waals surface area contributed by atoms with Crippen LogP contribution in [0.4, 0.5) is 21.6 Å². The van der Waals surface area contributed by atoms with Crippen LogP contribution in [0.15, 0.2) is 42.7 Å². The van der Waals surface area contributed by atoms with Crippen molar-refractivity contribution in [3.63, 3.8) is 0 Å². The molecule has 6 nitrogen and oxygen atoms in total. The lowest BCUT2D eigenvalue weighted by Gasteiger charge is -2.34. The average Bonchev–Trinajstić information content (AvgIpc) is 2.74. The number of rotatable bonds is 6. The van der Waals surface area contributed by atoms with Crippen LogP contribution < -0.4 is 15.0 Å². The van der Waals surface area contributed by atoms with Crippen molar-refractivity contribution in [3.8, 4) is 5.75 Å². The number of aromatic nitrogens is 2. The molecule has 30 heavy (non-hydrogen) atoms. The molecule has 0 spiro atoms. The molecule has 0 atom stereocenters. The van der Waals surface area contributed by atoms with Crippen LogP contribution in [0.5, 0.6) is 5.75 Å². The highest BCUT2D eigenvalue weighted by atomic mass is 19.1. The molecule has 1 aliphatic rings. The SMILES string of the molecule is COc1cc2c(Nc3ccc(N4CCC(CN(C)C)CC4)cc3)ncnc2cc1F. The highest BCUT2D eigenvalue weighted by molar-refractivity contribution is 5.91. The van der Waals surface area contributed by atoms with E-state index in [1.807, 2.05) is 0 Å². The van der Waals surface area contributed by atoms with Gasteiger partial charge >= 0.3 is 0 Å². The van der Waals surface area contributed by atoms with Crippen molar-refractivity contribution in [2.75, 3.05) is 51.1 Å². The second-order valence-corrected chi connectivity index (χ2v) is 8.09. The molecule has 2 aromatic carbocycles.